The van der Waals surface area contributed by atoms with Crippen LogP contribution in [0.1, 0.15) is 35.9 Å². The second kappa shape index (κ2) is 8.28. The van der Waals surface area contributed by atoms with Gasteiger partial charge in [0.05, 0.1) is 19.1 Å². The largest absolute Gasteiger partial charge is 0.489 e. The molecule has 1 heterocycles. The SMILES string of the molecule is CC=C(CC(=O)O)c1ccc(OCc2cnc(C)nc2OC)cc1C. The first-order valence-corrected chi connectivity index (χ1v) is 7.92. The van der Waals surface area contributed by atoms with Crippen LogP contribution in [-0.2, 0) is 11.4 Å². The first-order valence-electron chi connectivity index (χ1n) is 7.92. The smallest absolute Gasteiger partial charge is 0.307 e. The van der Waals surface area contributed by atoms with Crippen molar-refractivity contribution in [1.29, 1.82) is 0 Å². The Kier molecular flexibility index (Phi) is 6.11. The van der Waals surface area contributed by atoms with Gasteiger partial charge in [-0.05, 0) is 49.6 Å². The minimum absolute atomic E-state index is 0.00452. The molecule has 6 heteroatoms. The molecule has 0 spiro atoms. The van der Waals surface area contributed by atoms with Crippen LogP contribution in [0.3, 0.4) is 0 Å². The molecule has 2 rings (SSSR count). The number of carboxylic acid groups (broad SMARTS) is 1. The third kappa shape index (κ3) is 4.79. The number of hydrogen-bond donors (Lipinski definition) is 1. The zero-order valence-electron chi connectivity index (χ0n) is 14.9. The van der Waals surface area contributed by atoms with Crippen molar-refractivity contribution in [2.24, 2.45) is 0 Å². The predicted octanol–water partition coefficient (Wildman–Crippen LogP) is 3.56. The van der Waals surface area contributed by atoms with Crippen molar-refractivity contribution in [3.8, 4) is 11.6 Å². The summed E-state index contributed by atoms with van der Waals surface area (Å²) in [5.41, 5.74) is 3.41. The summed E-state index contributed by atoms with van der Waals surface area (Å²) in [6, 6.07) is 5.60. The summed E-state index contributed by atoms with van der Waals surface area (Å²) in [6.07, 6.45) is 3.51. The van der Waals surface area contributed by atoms with E-state index in [9.17, 15) is 4.79 Å². The minimum Gasteiger partial charge on any atom is -0.489 e. The van der Waals surface area contributed by atoms with Crippen LogP contribution < -0.4 is 9.47 Å². The van der Waals surface area contributed by atoms with Crippen LogP contribution in [0.15, 0.2) is 30.5 Å². The second-order valence-electron chi connectivity index (χ2n) is 5.60. The molecular weight excluding hydrogens is 320 g/mol. The van der Waals surface area contributed by atoms with Gasteiger partial charge >= 0.3 is 5.97 Å². The second-order valence-corrected chi connectivity index (χ2v) is 5.60. The molecule has 0 aliphatic heterocycles. The Labute approximate surface area is 147 Å². The van der Waals surface area contributed by atoms with Crippen LogP contribution in [0.5, 0.6) is 11.6 Å². The van der Waals surface area contributed by atoms with Gasteiger partial charge in [0.2, 0.25) is 5.88 Å². The van der Waals surface area contributed by atoms with Crippen molar-refractivity contribution in [3.05, 3.63) is 53.0 Å². The number of carbonyl (C=O) groups is 1. The number of aryl methyl sites for hydroxylation is 2. The summed E-state index contributed by atoms with van der Waals surface area (Å²) in [6.45, 7) is 5.86. The summed E-state index contributed by atoms with van der Waals surface area (Å²) >= 11 is 0. The van der Waals surface area contributed by atoms with Gasteiger partial charge in [0.15, 0.2) is 0 Å². The molecule has 0 aliphatic carbocycles. The maximum absolute atomic E-state index is 11.0. The van der Waals surface area contributed by atoms with E-state index >= 15 is 0 Å². The Morgan fingerprint density at radius 3 is 2.68 bits per heavy atom. The lowest BCUT2D eigenvalue weighted by Gasteiger charge is -2.13. The van der Waals surface area contributed by atoms with E-state index in [-0.39, 0.29) is 13.0 Å². The molecule has 1 aromatic heterocycles. The van der Waals surface area contributed by atoms with Crippen LogP contribution >= 0.6 is 0 Å². The molecule has 1 aromatic carbocycles. The monoisotopic (exact) mass is 342 g/mol. The number of aromatic nitrogens is 2. The molecule has 132 valence electrons. The fourth-order valence-corrected chi connectivity index (χ4v) is 2.51. The number of aliphatic carboxylic acids is 1. The zero-order chi connectivity index (χ0) is 18.4. The number of hydrogen-bond acceptors (Lipinski definition) is 5. The van der Waals surface area contributed by atoms with Crippen LogP contribution in [0, 0.1) is 13.8 Å². The van der Waals surface area contributed by atoms with Crippen LogP contribution in [-0.4, -0.2) is 28.2 Å². The molecule has 0 saturated carbocycles. The molecule has 0 atom stereocenters. The fourth-order valence-electron chi connectivity index (χ4n) is 2.51. The number of rotatable bonds is 7. The highest BCUT2D eigenvalue weighted by Gasteiger charge is 2.11. The van der Waals surface area contributed by atoms with Gasteiger partial charge in [-0.25, -0.2) is 4.98 Å². The molecule has 6 nitrogen and oxygen atoms in total. The van der Waals surface area contributed by atoms with E-state index in [4.69, 9.17) is 14.6 Å². The van der Waals surface area contributed by atoms with Gasteiger partial charge in [0.25, 0.3) is 0 Å². The normalized spacial score (nSPS) is 11.3. The molecule has 0 fully saturated rings. The van der Waals surface area contributed by atoms with E-state index in [1.54, 1.807) is 20.2 Å². The minimum atomic E-state index is -0.848. The summed E-state index contributed by atoms with van der Waals surface area (Å²) in [4.78, 5) is 19.4. The molecule has 0 bridgehead atoms. The third-order valence-corrected chi connectivity index (χ3v) is 3.77. The van der Waals surface area contributed by atoms with Gasteiger partial charge in [-0.15, -0.1) is 0 Å². The Hall–Kier alpha value is -2.89. The molecule has 0 amide bonds. The Balaban J connectivity index is 2.15. The van der Waals surface area contributed by atoms with Crippen molar-refractivity contribution in [2.75, 3.05) is 7.11 Å². The first kappa shape index (κ1) is 18.4. The van der Waals surface area contributed by atoms with Gasteiger partial charge in [-0.2, -0.15) is 4.98 Å². The first-order chi connectivity index (χ1) is 11.9. The van der Waals surface area contributed by atoms with Crippen molar-refractivity contribution >= 4 is 11.5 Å². The zero-order valence-corrected chi connectivity index (χ0v) is 14.9. The number of allylic oxidation sites excluding steroid dienone is 1. The molecule has 0 saturated heterocycles. The summed E-state index contributed by atoms with van der Waals surface area (Å²) < 4.78 is 11.1. The third-order valence-electron chi connectivity index (χ3n) is 3.77. The maximum Gasteiger partial charge on any atom is 0.307 e. The van der Waals surface area contributed by atoms with E-state index in [2.05, 4.69) is 9.97 Å². The van der Waals surface area contributed by atoms with E-state index in [1.165, 1.54) is 0 Å². The van der Waals surface area contributed by atoms with Gasteiger partial charge in [0, 0.05) is 6.20 Å². The molecule has 0 unspecified atom stereocenters. The van der Waals surface area contributed by atoms with Crippen LogP contribution in [0.2, 0.25) is 0 Å². The summed E-state index contributed by atoms with van der Waals surface area (Å²) in [5, 5.41) is 9.01. The van der Waals surface area contributed by atoms with Crippen LogP contribution in [0.25, 0.3) is 5.57 Å². The van der Waals surface area contributed by atoms with Crippen molar-refractivity contribution in [3.63, 3.8) is 0 Å². The summed E-state index contributed by atoms with van der Waals surface area (Å²) in [7, 11) is 1.56. The number of methoxy groups -OCH3 is 1. The average Bonchev–Trinajstić information content (AvgIpc) is 2.58. The standard InChI is InChI=1S/C19H22N2O4/c1-5-14(9-18(22)23)17-7-6-16(8-12(17)2)25-11-15-10-20-13(3)21-19(15)24-4/h5-8,10H,9,11H2,1-4H3,(H,22,23). The Morgan fingerprint density at radius 1 is 1.32 bits per heavy atom. The lowest BCUT2D eigenvalue weighted by Crippen LogP contribution is -2.03. The van der Waals surface area contributed by atoms with Gasteiger partial charge in [-0.3, -0.25) is 4.79 Å². The number of benzene rings is 1. The highest BCUT2D eigenvalue weighted by molar-refractivity contribution is 5.84. The molecule has 0 radical (unpaired) electrons. The topological polar surface area (TPSA) is 81.5 Å². The van der Waals surface area contributed by atoms with Crippen molar-refractivity contribution < 1.29 is 19.4 Å². The highest BCUT2D eigenvalue weighted by atomic mass is 16.5. The fraction of sp³-hybridized carbons (Fsp3) is 0.316. The lowest BCUT2D eigenvalue weighted by atomic mass is 9.98. The number of nitrogens with zero attached hydrogens (tertiary/aromatic N) is 2. The summed E-state index contributed by atoms with van der Waals surface area (Å²) in [5.74, 6) is 0.977. The van der Waals surface area contributed by atoms with Gasteiger partial charge in [0.1, 0.15) is 18.2 Å². The molecule has 0 aliphatic rings. The van der Waals surface area contributed by atoms with Crippen LogP contribution in [0.4, 0.5) is 0 Å². The predicted molar refractivity (Wildman–Crippen MR) is 94.7 cm³/mol. The van der Waals surface area contributed by atoms with E-state index in [0.29, 0.717) is 17.5 Å². The molecule has 2 aromatic rings. The molecule has 1 N–H and O–H groups in total. The molecule has 25 heavy (non-hydrogen) atoms. The lowest BCUT2D eigenvalue weighted by molar-refractivity contribution is -0.135. The average molecular weight is 342 g/mol. The van der Waals surface area contributed by atoms with E-state index in [1.807, 2.05) is 38.1 Å². The number of carboxylic acids is 1. The van der Waals surface area contributed by atoms with Crippen molar-refractivity contribution in [2.45, 2.75) is 33.8 Å². The number of ether oxygens (including phenoxy) is 2. The van der Waals surface area contributed by atoms with Crippen molar-refractivity contribution in [1.82, 2.24) is 9.97 Å². The van der Waals surface area contributed by atoms with E-state index in [0.717, 1.165) is 22.3 Å². The van der Waals surface area contributed by atoms with E-state index < -0.39 is 5.97 Å². The molecular formula is C19H22N2O4. The Bertz CT molecular complexity index is 800. The van der Waals surface area contributed by atoms with Gasteiger partial charge in [-0.1, -0.05) is 12.1 Å². The van der Waals surface area contributed by atoms with Gasteiger partial charge < -0.3 is 14.6 Å². The Morgan fingerprint density at radius 2 is 2.08 bits per heavy atom. The maximum atomic E-state index is 11.0. The quantitative estimate of drug-likeness (QED) is 0.828. The highest BCUT2D eigenvalue weighted by Crippen LogP contribution is 2.26.